The molecule has 2 aliphatic rings. The highest BCUT2D eigenvalue weighted by atomic mass is 31.1. The molecule has 2 atom stereocenters. The molecule has 202 valence electrons. The highest BCUT2D eigenvalue weighted by Crippen LogP contribution is 2.47. The maximum absolute atomic E-state index is 6.68. The first-order chi connectivity index (χ1) is 20.3. The lowest BCUT2D eigenvalue weighted by Gasteiger charge is -2.27. The summed E-state index contributed by atoms with van der Waals surface area (Å²) in [6.45, 7) is 4.00. The lowest BCUT2D eigenvalue weighted by atomic mass is 10.0. The van der Waals surface area contributed by atoms with Gasteiger partial charge in [-0.15, -0.1) is 0 Å². The molecule has 0 spiro atoms. The van der Waals surface area contributed by atoms with Crippen molar-refractivity contribution < 1.29 is 0 Å². The van der Waals surface area contributed by atoms with Crippen LogP contribution in [0.2, 0.25) is 0 Å². The van der Waals surface area contributed by atoms with Gasteiger partial charge in [-0.2, -0.15) is 0 Å². The average molecular weight is 551 g/mol. The van der Waals surface area contributed by atoms with Crippen LogP contribution < -0.4 is 21.7 Å². The molecule has 0 aromatic heterocycles. The van der Waals surface area contributed by atoms with Crippen molar-refractivity contribution in [2.75, 3.05) is 0 Å². The van der Waals surface area contributed by atoms with Gasteiger partial charge in [0.05, 0.1) is 11.4 Å². The van der Waals surface area contributed by atoms with Crippen LogP contribution in [0.1, 0.15) is 31.4 Å². The van der Waals surface area contributed by atoms with Gasteiger partial charge < -0.3 is 11.1 Å². The molecule has 3 heteroatoms. The van der Waals surface area contributed by atoms with Crippen LogP contribution in [0.4, 0.5) is 0 Å². The van der Waals surface area contributed by atoms with E-state index in [-0.39, 0.29) is 6.04 Å². The van der Waals surface area contributed by atoms with Gasteiger partial charge in [-0.1, -0.05) is 153 Å². The Morgan fingerprint density at radius 1 is 0.683 bits per heavy atom. The maximum atomic E-state index is 6.68. The van der Waals surface area contributed by atoms with Gasteiger partial charge in [0.1, 0.15) is 0 Å². The zero-order valence-electron chi connectivity index (χ0n) is 23.6. The zero-order valence-corrected chi connectivity index (χ0v) is 24.5. The molecule has 0 bridgehead atoms. The van der Waals surface area contributed by atoms with Crippen molar-refractivity contribution in [2.24, 2.45) is 5.73 Å². The second-order valence-electron chi connectivity index (χ2n) is 10.0. The minimum atomic E-state index is -0.712. The second kappa shape index (κ2) is 12.0. The molecule has 7 rings (SSSR count). The lowest BCUT2D eigenvalue weighted by molar-refractivity contribution is 0.719. The number of hydrogen-bond donors (Lipinski definition) is 2. The quantitative estimate of drug-likeness (QED) is 0.208. The van der Waals surface area contributed by atoms with Crippen LogP contribution in [-0.2, 0) is 0 Å². The molecule has 2 nitrogen and oxygen atoms in total. The molecule has 0 radical (unpaired) electrons. The summed E-state index contributed by atoms with van der Waals surface area (Å²) in [5.74, 6) is 0. The Hall–Kier alpha value is -4.39. The summed E-state index contributed by atoms with van der Waals surface area (Å²) in [6, 6.07) is 43.6. The summed E-state index contributed by atoms with van der Waals surface area (Å²) in [7, 11) is -0.712. The van der Waals surface area contributed by atoms with Crippen molar-refractivity contribution in [3.63, 3.8) is 0 Å². The van der Waals surface area contributed by atoms with Gasteiger partial charge in [-0.3, -0.25) is 0 Å². The number of hydrogen-bond acceptors (Lipinski definition) is 2. The molecule has 0 saturated carbocycles. The first kappa shape index (κ1) is 26.8. The fourth-order valence-corrected chi connectivity index (χ4v) is 8.34. The molecule has 5 aromatic carbocycles. The van der Waals surface area contributed by atoms with Crippen molar-refractivity contribution in [3.05, 3.63) is 156 Å². The third kappa shape index (κ3) is 5.12. The Morgan fingerprint density at radius 2 is 1.32 bits per heavy atom. The SMILES string of the molecule is CC.NC1=C(NC2C=CC(P(c3ccccc3)c3ccccc3-c3ccccc3)=CC2)c2cccc3cccc1c23. The standard InChI is InChI=1S/C36H29N2P.C2H6/c37-35-31-18-9-13-26-14-10-19-32(34(26)31)36(35)38-27-21-23-29(24-22-27)39(28-15-5-2-6-16-28)33-20-8-7-17-30(33)25-11-3-1-4-12-25;1-2/h1-21,23-24,27,38H,22,37H2;1-2H3. The van der Waals surface area contributed by atoms with Crippen molar-refractivity contribution in [2.45, 2.75) is 26.3 Å². The van der Waals surface area contributed by atoms with Crippen molar-refractivity contribution in [1.29, 1.82) is 0 Å². The van der Waals surface area contributed by atoms with Gasteiger partial charge in [0.15, 0.2) is 0 Å². The largest absolute Gasteiger partial charge is 0.397 e. The van der Waals surface area contributed by atoms with Crippen LogP contribution in [0.5, 0.6) is 0 Å². The van der Waals surface area contributed by atoms with Gasteiger partial charge in [0, 0.05) is 22.6 Å². The minimum Gasteiger partial charge on any atom is -0.397 e. The van der Waals surface area contributed by atoms with Crippen molar-refractivity contribution in [1.82, 2.24) is 5.32 Å². The van der Waals surface area contributed by atoms with Crippen LogP contribution in [-0.4, -0.2) is 6.04 Å². The summed E-state index contributed by atoms with van der Waals surface area (Å²) in [5.41, 5.74) is 13.5. The summed E-state index contributed by atoms with van der Waals surface area (Å²) in [6.07, 6.45) is 7.99. The summed E-state index contributed by atoms with van der Waals surface area (Å²) < 4.78 is 0. The van der Waals surface area contributed by atoms with E-state index in [1.165, 1.54) is 43.4 Å². The number of benzene rings is 5. The van der Waals surface area contributed by atoms with Crippen LogP contribution >= 0.6 is 7.92 Å². The highest BCUT2D eigenvalue weighted by molar-refractivity contribution is 7.77. The number of nitrogens with one attached hydrogen (secondary N) is 1. The molecule has 5 aromatic rings. The molecule has 0 aliphatic heterocycles. The molecule has 0 heterocycles. The van der Waals surface area contributed by atoms with Gasteiger partial charge in [-0.05, 0) is 46.8 Å². The maximum Gasteiger partial charge on any atom is 0.0665 e. The third-order valence-electron chi connectivity index (χ3n) is 7.65. The number of nitrogens with two attached hydrogens (primary N) is 1. The van der Waals surface area contributed by atoms with Gasteiger partial charge in [0.25, 0.3) is 0 Å². The van der Waals surface area contributed by atoms with E-state index in [1.807, 2.05) is 13.8 Å². The van der Waals surface area contributed by atoms with Crippen molar-refractivity contribution >= 4 is 40.7 Å². The predicted molar refractivity (Wildman–Crippen MR) is 180 cm³/mol. The molecule has 0 amide bonds. The van der Waals surface area contributed by atoms with E-state index in [1.54, 1.807) is 0 Å². The van der Waals surface area contributed by atoms with Gasteiger partial charge >= 0.3 is 0 Å². The van der Waals surface area contributed by atoms with Crippen LogP contribution in [0.25, 0.3) is 33.3 Å². The van der Waals surface area contributed by atoms with Crippen LogP contribution in [0, 0.1) is 0 Å². The number of allylic oxidation sites excluding steroid dienone is 2. The highest BCUT2D eigenvalue weighted by Gasteiger charge is 2.26. The van der Waals surface area contributed by atoms with Crippen LogP contribution in [0.3, 0.4) is 0 Å². The fourth-order valence-electron chi connectivity index (χ4n) is 5.81. The van der Waals surface area contributed by atoms with E-state index >= 15 is 0 Å². The fraction of sp³-hybridized carbons (Fsp3) is 0.105. The van der Waals surface area contributed by atoms with Gasteiger partial charge in [0.2, 0.25) is 0 Å². The molecule has 2 aliphatic carbocycles. The molecule has 3 N–H and O–H groups in total. The molecular formula is C38H35N2P. The first-order valence-corrected chi connectivity index (χ1v) is 15.8. The smallest absolute Gasteiger partial charge is 0.0665 e. The Balaban J connectivity index is 0.00000148. The van der Waals surface area contributed by atoms with E-state index in [0.717, 1.165) is 23.4 Å². The van der Waals surface area contributed by atoms with Gasteiger partial charge in [-0.25, -0.2) is 0 Å². The number of rotatable bonds is 6. The van der Waals surface area contributed by atoms with E-state index in [2.05, 4.69) is 145 Å². The minimum absolute atomic E-state index is 0.184. The average Bonchev–Trinajstić information content (AvgIpc) is 3.32. The van der Waals surface area contributed by atoms with Crippen molar-refractivity contribution in [3.8, 4) is 11.1 Å². The summed E-state index contributed by atoms with van der Waals surface area (Å²) >= 11 is 0. The van der Waals surface area contributed by atoms with Crippen LogP contribution in [0.15, 0.2) is 145 Å². The monoisotopic (exact) mass is 550 g/mol. The zero-order chi connectivity index (χ0) is 28.2. The topological polar surface area (TPSA) is 38.0 Å². The molecular weight excluding hydrogens is 515 g/mol. The Morgan fingerprint density at radius 3 is 2.02 bits per heavy atom. The van der Waals surface area contributed by atoms with E-state index < -0.39 is 7.92 Å². The molecule has 41 heavy (non-hydrogen) atoms. The Bertz CT molecular complexity index is 1760. The van der Waals surface area contributed by atoms with E-state index in [0.29, 0.717) is 0 Å². The first-order valence-electron chi connectivity index (χ1n) is 14.4. The molecule has 0 saturated heterocycles. The Labute approximate surface area is 244 Å². The third-order valence-corrected chi connectivity index (χ3v) is 10.2. The normalized spacial score (nSPS) is 16.1. The Kier molecular flexibility index (Phi) is 7.85. The predicted octanol–water partition coefficient (Wildman–Crippen LogP) is 8.57. The molecule has 2 unspecified atom stereocenters. The van der Waals surface area contributed by atoms with E-state index in [9.17, 15) is 0 Å². The van der Waals surface area contributed by atoms with E-state index in [4.69, 9.17) is 5.73 Å². The summed E-state index contributed by atoms with van der Waals surface area (Å²) in [5, 5.41) is 10.4. The molecule has 0 fully saturated rings. The summed E-state index contributed by atoms with van der Waals surface area (Å²) in [4.78, 5) is 0. The second-order valence-corrected chi connectivity index (χ2v) is 12.2. The lowest BCUT2D eigenvalue weighted by Crippen LogP contribution is -2.28.